The molecule has 15 rings (SSSR count). The number of fused-ring (bicyclic) bond motifs is 6. The zero-order valence-electron chi connectivity index (χ0n) is 49.4. The molecule has 0 atom stereocenters. The lowest BCUT2D eigenvalue weighted by molar-refractivity contribution is 0.602. The van der Waals surface area contributed by atoms with Crippen LogP contribution < -0.4 is 9.80 Å². The van der Waals surface area contributed by atoms with E-state index in [9.17, 15) is 0 Å². The molecule has 0 aromatic heterocycles. The fourth-order valence-electron chi connectivity index (χ4n) is 14.0. The summed E-state index contributed by atoms with van der Waals surface area (Å²) in [4.78, 5) is 5.03. The summed E-state index contributed by atoms with van der Waals surface area (Å²) in [5, 5.41) is 15.1. The Labute approximate surface area is 506 Å². The van der Waals surface area contributed by atoms with Crippen molar-refractivity contribution in [3.8, 4) is 0 Å². The number of hydrogen-bond acceptors (Lipinski definition) is 2. The minimum Gasteiger partial charge on any atom is -0.310 e. The van der Waals surface area contributed by atoms with E-state index in [0.717, 1.165) is 39.6 Å². The van der Waals surface area contributed by atoms with E-state index in [-0.39, 0.29) is 0 Å². The maximum Gasteiger partial charge on any atom is 0.0619 e. The summed E-state index contributed by atoms with van der Waals surface area (Å²) in [6, 6.07) is 87.1. The summed E-state index contributed by atoms with van der Waals surface area (Å²) in [6.45, 7) is 4.28. The molecule has 0 N–H and O–H groups in total. The van der Waals surface area contributed by atoms with Crippen molar-refractivity contribution in [1.29, 1.82) is 0 Å². The van der Waals surface area contributed by atoms with E-state index in [1.54, 1.807) is 11.1 Å². The van der Waals surface area contributed by atoms with Gasteiger partial charge in [-0.2, -0.15) is 0 Å². The zero-order chi connectivity index (χ0) is 57.5. The monoisotopic (exact) mass is 1110 g/mol. The van der Waals surface area contributed by atoms with Gasteiger partial charge in [-0.3, -0.25) is 0 Å². The van der Waals surface area contributed by atoms with Gasteiger partial charge in [-0.1, -0.05) is 241 Å². The molecule has 0 radical (unpaired) electrons. The predicted octanol–water partition coefficient (Wildman–Crippen LogP) is 24.6. The van der Waals surface area contributed by atoms with Gasteiger partial charge in [-0.05, 0) is 197 Å². The highest BCUT2D eigenvalue weighted by Gasteiger charge is 2.27. The van der Waals surface area contributed by atoms with Gasteiger partial charge in [-0.15, -0.1) is 0 Å². The van der Waals surface area contributed by atoms with Gasteiger partial charge in [-0.25, -0.2) is 0 Å². The number of anilines is 6. The molecule has 0 aliphatic heterocycles. The van der Waals surface area contributed by atoms with E-state index >= 15 is 0 Å². The molecule has 2 heteroatoms. The Balaban J connectivity index is 0.940. The van der Waals surface area contributed by atoms with Crippen molar-refractivity contribution in [3.63, 3.8) is 0 Å². The topological polar surface area (TPSA) is 6.48 Å². The third kappa shape index (κ3) is 10.2. The van der Waals surface area contributed by atoms with Crippen LogP contribution in [0.1, 0.15) is 109 Å². The number of aryl methyl sites for hydroxylation is 2. The van der Waals surface area contributed by atoms with Crippen LogP contribution in [0.15, 0.2) is 242 Å². The Bertz CT molecular complexity index is 4730. The van der Waals surface area contributed by atoms with Gasteiger partial charge >= 0.3 is 0 Å². The lowest BCUT2D eigenvalue weighted by Crippen LogP contribution is -2.12. The van der Waals surface area contributed by atoms with Crippen LogP contribution in [0.25, 0.3) is 101 Å². The van der Waals surface area contributed by atoms with Crippen LogP contribution >= 0.6 is 0 Å². The molecule has 2 aliphatic carbocycles. The SMILES string of the molecule is Cc1ccc(/C=C/c2ccc(N(c3ccc(C=C4CCCCC4)cc3)c3ccc4c5c3cc3ccccc3c5c3cccc5c(N(c6ccc(C=C7CCCCC7)cc6)c6ccc(/C=C/c7ccc(C)cc7)cc6)c6ccccc6c4c53)cc2)cc1. The second-order valence-corrected chi connectivity index (χ2v) is 24.3. The van der Waals surface area contributed by atoms with Gasteiger partial charge < -0.3 is 9.80 Å². The molecule has 2 aliphatic rings. The highest BCUT2D eigenvalue weighted by molar-refractivity contribution is 6.44. The van der Waals surface area contributed by atoms with Crippen LogP contribution in [-0.2, 0) is 0 Å². The third-order valence-corrected chi connectivity index (χ3v) is 18.5. The maximum atomic E-state index is 2.53. The van der Waals surface area contributed by atoms with Crippen LogP contribution in [0.4, 0.5) is 34.1 Å². The lowest BCUT2D eigenvalue weighted by Gasteiger charge is -2.31. The Hall–Kier alpha value is -9.76. The molecular formula is C84H70N2. The van der Waals surface area contributed by atoms with E-state index < -0.39 is 0 Å². The van der Waals surface area contributed by atoms with Gasteiger partial charge in [0, 0.05) is 49.7 Å². The second kappa shape index (κ2) is 23.0. The van der Waals surface area contributed by atoms with Crippen molar-refractivity contribution >= 4 is 135 Å². The first kappa shape index (κ1) is 53.0. The molecule has 0 unspecified atom stereocenters. The summed E-state index contributed by atoms with van der Waals surface area (Å²) in [5.41, 5.74) is 19.8. The smallest absolute Gasteiger partial charge is 0.0619 e. The minimum absolute atomic E-state index is 1.11. The average molecular weight is 1110 g/mol. The number of allylic oxidation sites excluding steroid dienone is 2. The fraction of sp³-hybridized carbons (Fsp3) is 0.143. The first-order valence-electron chi connectivity index (χ1n) is 31.3. The standard InChI is InChI=1S/C84H70N2/c1-57-24-28-59(29-25-57)32-34-61-36-44-68(45-37-61)85(69-48-40-65(41-49-69)54-63-14-5-3-6-15-63)79-53-52-76-81-73-20-11-12-21-74(73)84(77-23-13-22-75(82(77)81)80-72-19-10-9-18-67(72)56-78(79)83(76)80)86(71-50-42-66(43-51-71)55-64-16-7-4-8-17-64)70-46-38-62(39-47-70)35-33-60-30-26-58(2)27-31-60/h9-13,18-56H,3-8,14-17H2,1-2H3/b34-32+,35-33+. The normalized spacial score (nSPS) is 14.0. The number of benzene rings is 13. The number of hydrogen-bond donors (Lipinski definition) is 0. The second-order valence-electron chi connectivity index (χ2n) is 24.3. The molecule has 13 aromatic rings. The molecule has 0 saturated heterocycles. The van der Waals surface area contributed by atoms with Gasteiger partial charge in [0.2, 0.25) is 0 Å². The van der Waals surface area contributed by atoms with Crippen molar-refractivity contribution in [2.45, 2.75) is 78.1 Å². The quantitative estimate of drug-likeness (QED) is 0.0683. The Morgan fingerprint density at radius 3 is 1.16 bits per heavy atom. The minimum atomic E-state index is 1.11. The van der Waals surface area contributed by atoms with Crippen molar-refractivity contribution in [2.75, 3.05) is 9.80 Å². The van der Waals surface area contributed by atoms with Crippen molar-refractivity contribution in [1.82, 2.24) is 0 Å². The fourth-order valence-corrected chi connectivity index (χ4v) is 14.0. The van der Waals surface area contributed by atoms with Crippen molar-refractivity contribution in [3.05, 3.63) is 286 Å². The Morgan fingerprint density at radius 1 is 0.279 bits per heavy atom. The molecule has 0 spiro atoms. The number of nitrogens with zero attached hydrogens (tertiary/aromatic N) is 2. The van der Waals surface area contributed by atoms with Gasteiger partial charge in [0.15, 0.2) is 0 Å². The van der Waals surface area contributed by atoms with Crippen LogP contribution in [0.3, 0.4) is 0 Å². The van der Waals surface area contributed by atoms with Crippen LogP contribution in [0, 0.1) is 13.8 Å². The van der Waals surface area contributed by atoms with E-state index in [1.807, 2.05) is 0 Å². The molecule has 0 bridgehead atoms. The molecule has 13 aromatic carbocycles. The lowest BCUT2D eigenvalue weighted by atomic mass is 9.83. The predicted molar refractivity (Wildman–Crippen MR) is 374 cm³/mol. The number of rotatable bonds is 12. The summed E-state index contributed by atoms with van der Waals surface area (Å²) < 4.78 is 0. The maximum absolute atomic E-state index is 2.53. The summed E-state index contributed by atoms with van der Waals surface area (Å²) in [5.74, 6) is 0. The van der Waals surface area contributed by atoms with E-state index in [4.69, 9.17) is 0 Å². The van der Waals surface area contributed by atoms with E-state index in [1.165, 1.54) is 168 Å². The average Bonchev–Trinajstić information content (AvgIpc) is 0.723. The summed E-state index contributed by atoms with van der Waals surface area (Å²) >= 11 is 0. The van der Waals surface area contributed by atoms with E-state index in [0.29, 0.717) is 0 Å². The van der Waals surface area contributed by atoms with Gasteiger partial charge in [0.25, 0.3) is 0 Å². The third-order valence-electron chi connectivity index (χ3n) is 18.5. The molecule has 2 saturated carbocycles. The molecule has 0 heterocycles. The van der Waals surface area contributed by atoms with Crippen LogP contribution in [0.2, 0.25) is 0 Å². The van der Waals surface area contributed by atoms with Gasteiger partial charge in [0.1, 0.15) is 0 Å². The molecule has 86 heavy (non-hydrogen) atoms. The molecule has 416 valence electrons. The highest BCUT2D eigenvalue weighted by atomic mass is 15.2. The van der Waals surface area contributed by atoms with Gasteiger partial charge in [0.05, 0.1) is 11.4 Å². The van der Waals surface area contributed by atoms with Crippen molar-refractivity contribution < 1.29 is 0 Å². The molecule has 2 fully saturated rings. The summed E-state index contributed by atoms with van der Waals surface area (Å²) in [6.07, 6.45) is 26.4. The van der Waals surface area contributed by atoms with E-state index in [2.05, 4.69) is 291 Å². The Kier molecular flexibility index (Phi) is 14.2. The zero-order valence-corrected chi connectivity index (χ0v) is 49.4. The van der Waals surface area contributed by atoms with Crippen LogP contribution in [0.5, 0.6) is 0 Å². The Morgan fingerprint density at radius 2 is 0.651 bits per heavy atom. The molecule has 0 amide bonds. The van der Waals surface area contributed by atoms with Crippen LogP contribution in [-0.4, -0.2) is 0 Å². The molecular weight excluding hydrogens is 1040 g/mol. The largest absolute Gasteiger partial charge is 0.310 e. The highest BCUT2D eigenvalue weighted by Crippen LogP contribution is 2.54. The molecule has 2 nitrogen and oxygen atoms in total. The first-order chi connectivity index (χ1) is 42.4. The van der Waals surface area contributed by atoms with Crippen molar-refractivity contribution in [2.24, 2.45) is 0 Å². The first-order valence-corrected chi connectivity index (χ1v) is 31.3. The summed E-state index contributed by atoms with van der Waals surface area (Å²) in [7, 11) is 0.